The van der Waals surface area contributed by atoms with Crippen molar-refractivity contribution in [3.8, 4) is 0 Å². The molecule has 2 bridgehead atoms. The van der Waals surface area contributed by atoms with Crippen molar-refractivity contribution in [3.05, 3.63) is 35.9 Å². The van der Waals surface area contributed by atoms with E-state index in [9.17, 15) is 0 Å². The van der Waals surface area contributed by atoms with Crippen molar-refractivity contribution in [2.45, 2.75) is 50.7 Å². The van der Waals surface area contributed by atoms with Crippen molar-refractivity contribution in [1.82, 2.24) is 0 Å². The van der Waals surface area contributed by atoms with Crippen LogP contribution in [0.3, 0.4) is 0 Å². The molecule has 19 heavy (non-hydrogen) atoms. The fourth-order valence-electron chi connectivity index (χ4n) is 2.77. The molecule has 2 aliphatic rings. The molecule has 4 heteroatoms. The van der Waals surface area contributed by atoms with E-state index in [0.717, 1.165) is 6.42 Å². The van der Waals surface area contributed by atoms with Crippen molar-refractivity contribution >= 4 is 0 Å². The summed E-state index contributed by atoms with van der Waals surface area (Å²) in [5.41, 5.74) is 1.17. The molecule has 0 spiro atoms. The van der Waals surface area contributed by atoms with Crippen LogP contribution in [0, 0.1) is 0 Å². The van der Waals surface area contributed by atoms with Crippen molar-refractivity contribution in [3.63, 3.8) is 0 Å². The lowest BCUT2D eigenvalue weighted by Crippen LogP contribution is -2.45. The summed E-state index contributed by atoms with van der Waals surface area (Å²) >= 11 is 0. The van der Waals surface area contributed by atoms with Crippen LogP contribution in [0.15, 0.2) is 30.3 Å². The van der Waals surface area contributed by atoms with Gasteiger partial charge in [-0.3, -0.25) is 0 Å². The van der Waals surface area contributed by atoms with E-state index in [1.807, 2.05) is 25.1 Å². The molecule has 2 unspecified atom stereocenters. The number of ether oxygens (including phenoxy) is 4. The molecule has 2 aliphatic heterocycles. The second kappa shape index (κ2) is 5.59. The van der Waals surface area contributed by atoms with Crippen LogP contribution in [-0.4, -0.2) is 37.8 Å². The van der Waals surface area contributed by atoms with E-state index in [0.29, 0.717) is 6.61 Å². The summed E-state index contributed by atoms with van der Waals surface area (Å²) in [7, 11) is 1.69. The molecule has 4 nitrogen and oxygen atoms in total. The molecule has 2 heterocycles. The zero-order valence-electron chi connectivity index (χ0n) is 11.3. The van der Waals surface area contributed by atoms with E-state index in [2.05, 4.69) is 12.1 Å². The first-order valence-electron chi connectivity index (χ1n) is 6.77. The van der Waals surface area contributed by atoms with E-state index >= 15 is 0 Å². The zero-order valence-corrected chi connectivity index (χ0v) is 11.3. The number of fused-ring (bicyclic) bond motifs is 2. The summed E-state index contributed by atoms with van der Waals surface area (Å²) in [6.45, 7) is 2.63. The highest BCUT2D eigenvalue weighted by molar-refractivity contribution is 5.13. The van der Waals surface area contributed by atoms with Crippen LogP contribution < -0.4 is 0 Å². The van der Waals surface area contributed by atoms with Gasteiger partial charge in [-0.25, -0.2) is 0 Å². The minimum Gasteiger partial charge on any atom is -0.376 e. The number of benzene rings is 1. The van der Waals surface area contributed by atoms with Crippen molar-refractivity contribution in [2.24, 2.45) is 0 Å². The van der Waals surface area contributed by atoms with E-state index < -0.39 is 0 Å². The fourth-order valence-corrected chi connectivity index (χ4v) is 2.77. The van der Waals surface area contributed by atoms with Gasteiger partial charge in [0.2, 0.25) is 0 Å². The van der Waals surface area contributed by atoms with E-state index in [-0.39, 0.29) is 30.7 Å². The van der Waals surface area contributed by atoms with Gasteiger partial charge >= 0.3 is 0 Å². The summed E-state index contributed by atoms with van der Waals surface area (Å²) in [5.74, 6) is 0. The Hall–Kier alpha value is -0.940. The summed E-state index contributed by atoms with van der Waals surface area (Å²) < 4.78 is 23.0. The van der Waals surface area contributed by atoms with Crippen LogP contribution in [-0.2, 0) is 25.6 Å². The Morgan fingerprint density at radius 1 is 1.16 bits per heavy atom. The molecule has 2 saturated heterocycles. The lowest BCUT2D eigenvalue weighted by atomic mass is 10.0. The smallest absolute Gasteiger partial charge is 0.184 e. The first-order valence-corrected chi connectivity index (χ1v) is 6.77. The molecule has 5 atom stereocenters. The molecular formula is C15H20O4. The number of methoxy groups -OCH3 is 1. The zero-order chi connectivity index (χ0) is 13.2. The van der Waals surface area contributed by atoms with Gasteiger partial charge in [-0.15, -0.1) is 0 Å². The average Bonchev–Trinajstić information content (AvgIpc) is 2.77. The summed E-state index contributed by atoms with van der Waals surface area (Å²) in [6.07, 6.45) is 0.650. The molecular weight excluding hydrogens is 244 g/mol. The highest BCUT2D eigenvalue weighted by Crippen LogP contribution is 2.35. The third kappa shape index (κ3) is 2.67. The Balaban J connectivity index is 1.63. The Bertz CT molecular complexity index is 408. The van der Waals surface area contributed by atoms with Crippen LogP contribution in [0.4, 0.5) is 0 Å². The predicted molar refractivity (Wildman–Crippen MR) is 69.6 cm³/mol. The molecule has 0 aliphatic carbocycles. The summed E-state index contributed by atoms with van der Waals surface area (Å²) in [5, 5.41) is 0. The number of hydrogen-bond donors (Lipinski definition) is 0. The Morgan fingerprint density at radius 3 is 2.68 bits per heavy atom. The average molecular weight is 264 g/mol. The molecule has 1 aromatic carbocycles. The van der Waals surface area contributed by atoms with Crippen LogP contribution in [0.2, 0.25) is 0 Å². The standard InChI is InChI=1S/C15H20O4/c1-10-14-12(8-13(16-2)15(18-10)19-14)17-9-11-6-4-3-5-7-11/h3-7,10,12-15H,8-9H2,1-2H3/t10-,12+,13-,14?,15?/m1/s1. The predicted octanol–water partition coefficient (Wildman–Crippen LogP) is 2.12. The molecule has 3 rings (SSSR count). The van der Waals surface area contributed by atoms with Crippen LogP contribution in [0.1, 0.15) is 18.9 Å². The lowest BCUT2D eigenvalue weighted by molar-refractivity contribution is -0.201. The third-order valence-electron chi connectivity index (χ3n) is 3.85. The molecule has 0 radical (unpaired) electrons. The van der Waals surface area contributed by atoms with Gasteiger partial charge < -0.3 is 18.9 Å². The van der Waals surface area contributed by atoms with E-state index in [1.54, 1.807) is 7.11 Å². The third-order valence-corrected chi connectivity index (χ3v) is 3.85. The Kier molecular flexibility index (Phi) is 3.84. The van der Waals surface area contributed by atoms with Crippen LogP contribution in [0.5, 0.6) is 0 Å². The van der Waals surface area contributed by atoms with Gasteiger partial charge in [0.1, 0.15) is 12.2 Å². The monoisotopic (exact) mass is 264 g/mol. The molecule has 0 amide bonds. The van der Waals surface area contributed by atoms with Crippen molar-refractivity contribution < 1.29 is 18.9 Å². The van der Waals surface area contributed by atoms with Gasteiger partial charge in [0.25, 0.3) is 0 Å². The maximum atomic E-state index is 6.02. The first-order chi connectivity index (χ1) is 9.28. The Labute approximate surface area is 113 Å². The maximum absolute atomic E-state index is 6.02. The van der Waals surface area contributed by atoms with Gasteiger partial charge in [-0.05, 0) is 12.5 Å². The number of rotatable bonds is 4. The molecule has 0 aromatic heterocycles. The van der Waals surface area contributed by atoms with Gasteiger partial charge in [0, 0.05) is 13.5 Å². The summed E-state index contributed by atoms with van der Waals surface area (Å²) in [4.78, 5) is 0. The fraction of sp³-hybridized carbons (Fsp3) is 0.600. The van der Waals surface area contributed by atoms with Gasteiger partial charge in [0.15, 0.2) is 6.29 Å². The topological polar surface area (TPSA) is 36.9 Å². The molecule has 104 valence electrons. The van der Waals surface area contributed by atoms with Crippen LogP contribution in [0.25, 0.3) is 0 Å². The van der Waals surface area contributed by atoms with Gasteiger partial charge in [0.05, 0.1) is 18.8 Å². The van der Waals surface area contributed by atoms with Gasteiger partial charge in [-0.2, -0.15) is 0 Å². The van der Waals surface area contributed by atoms with E-state index in [4.69, 9.17) is 18.9 Å². The van der Waals surface area contributed by atoms with Gasteiger partial charge in [-0.1, -0.05) is 30.3 Å². The largest absolute Gasteiger partial charge is 0.376 e. The minimum atomic E-state index is -0.235. The van der Waals surface area contributed by atoms with Crippen molar-refractivity contribution in [1.29, 1.82) is 0 Å². The van der Waals surface area contributed by atoms with Crippen molar-refractivity contribution in [2.75, 3.05) is 7.11 Å². The summed E-state index contributed by atoms with van der Waals surface area (Å²) in [6, 6.07) is 10.2. The molecule has 1 aromatic rings. The minimum absolute atomic E-state index is 0.0140. The SMILES string of the molecule is CO[C@@H]1C[C@H](OCc2ccccc2)C2OC1O[C@@H]2C. The quantitative estimate of drug-likeness (QED) is 0.834. The second-order valence-electron chi connectivity index (χ2n) is 5.16. The molecule has 0 saturated carbocycles. The maximum Gasteiger partial charge on any atom is 0.184 e. The highest BCUT2D eigenvalue weighted by atomic mass is 16.8. The lowest BCUT2D eigenvalue weighted by Gasteiger charge is -2.33. The second-order valence-corrected chi connectivity index (χ2v) is 5.16. The van der Waals surface area contributed by atoms with E-state index in [1.165, 1.54) is 5.56 Å². The first kappa shape index (κ1) is 13.1. The Morgan fingerprint density at radius 2 is 1.95 bits per heavy atom. The number of hydrogen-bond acceptors (Lipinski definition) is 4. The molecule has 2 fully saturated rings. The normalized spacial score (nSPS) is 37.5. The highest BCUT2D eigenvalue weighted by Gasteiger charge is 2.48. The molecule has 0 N–H and O–H groups in total. The van der Waals surface area contributed by atoms with Crippen LogP contribution >= 0.6 is 0 Å².